The third-order valence-electron chi connectivity index (χ3n) is 4.00. The molecule has 1 aromatic heterocycles. The van der Waals surface area contributed by atoms with Crippen molar-refractivity contribution >= 4 is 18.0 Å². The number of aromatic nitrogens is 1. The lowest BCUT2D eigenvalue weighted by atomic mass is 10.0. The van der Waals surface area contributed by atoms with E-state index in [2.05, 4.69) is 4.98 Å². The summed E-state index contributed by atoms with van der Waals surface area (Å²) in [5.74, 6) is -0.146. The summed E-state index contributed by atoms with van der Waals surface area (Å²) in [6.45, 7) is 6.55. The molecular weight excluding hydrogens is 424 g/mol. The SMILES string of the molecule is COCCOC(=O)Oc1c(C)nc(C)c(OC(=O)OC(C)C)c1-c1cccc([N+](=O)[O-])c1. The van der Waals surface area contributed by atoms with Crippen molar-refractivity contribution in [2.24, 2.45) is 0 Å². The topological polar surface area (TPSA) is 136 Å². The maximum absolute atomic E-state index is 12.2. The van der Waals surface area contributed by atoms with Crippen molar-refractivity contribution in [3.05, 3.63) is 45.8 Å². The number of nitro groups is 1. The molecule has 2 aromatic rings. The number of hydrogen-bond acceptors (Lipinski definition) is 10. The van der Waals surface area contributed by atoms with Crippen LogP contribution in [0.5, 0.6) is 11.5 Å². The van der Waals surface area contributed by atoms with Gasteiger partial charge in [0.15, 0.2) is 11.5 Å². The molecule has 0 aliphatic carbocycles. The molecule has 1 heterocycles. The van der Waals surface area contributed by atoms with Gasteiger partial charge in [-0.25, -0.2) is 9.59 Å². The molecule has 0 saturated carbocycles. The molecule has 0 spiro atoms. The van der Waals surface area contributed by atoms with Gasteiger partial charge < -0.3 is 23.7 Å². The average Bonchev–Trinajstić information content (AvgIpc) is 2.71. The van der Waals surface area contributed by atoms with E-state index < -0.39 is 23.3 Å². The largest absolute Gasteiger partial charge is 0.514 e. The smallest absolute Gasteiger partial charge is 0.432 e. The van der Waals surface area contributed by atoms with Crippen molar-refractivity contribution in [3.63, 3.8) is 0 Å². The van der Waals surface area contributed by atoms with Crippen LogP contribution in [-0.4, -0.2) is 48.6 Å². The maximum atomic E-state index is 12.2. The van der Waals surface area contributed by atoms with E-state index in [1.54, 1.807) is 33.8 Å². The summed E-state index contributed by atoms with van der Waals surface area (Å²) in [7, 11) is 1.45. The Kier molecular flexibility index (Phi) is 8.47. The van der Waals surface area contributed by atoms with Crippen molar-refractivity contribution in [2.75, 3.05) is 20.3 Å². The summed E-state index contributed by atoms with van der Waals surface area (Å²) in [4.78, 5) is 39.4. The van der Waals surface area contributed by atoms with Crippen LogP contribution in [0.3, 0.4) is 0 Å². The highest BCUT2D eigenvalue weighted by molar-refractivity contribution is 5.84. The number of aryl methyl sites for hydroxylation is 2. The summed E-state index contributed by atoms with van der Waals surface area (Å²) >= 11 is 0. The Morgan fingerprint density at radius 3 is 2.25 bits per heavy atom. The van der Waals surface area contributed by atoms with E-state index in [0.717, 1.165) is 0 Å². The summed E-state index contributed by atoms with van der Waals surface area (Å²) in [6, 6.07) is 5.57. The van der Waals surface area contributed by atoms with Crippen LogP contribution in [0.15, 0.2) is 24.3 Å². The first-order valence-corrected chi connectivity index (χ1v) is 9.62. The Hall–Kier alpha value is -3.73. The Morgan fingerprint density at radius 2 is 1.69 bits per heavy atom. The standard InChI is InChI=1S/C21H24N2O9/c1-12(2)30-21(25)32-19-14(4)22-13(3)18(31-20(24)29-10-9-28-5)17(19)15-7-6-8-16(11-15)23(26)27/h6-8,11-12H,9-10H2,1-5H3. The van der Waals surface area contributed by atoms with Crippen LogP contribution in [0.2, 0.25) is 0 Å². The minimum atomic E-state index is -1.04. The minimum Gasteiger partial charge on any atom is -0.432 e. The van der Waals surface area contributed by atoms with Crippen LogP contribution >= 0.6 is 0 Å². The summed E-state index contributed by atoms with van der Waals surface area (Å²) in [5.41, 5.74) is 0.726. The Balaban J connectivity index is 2.62. The molecule has 0 N–H and O–H groups in total. The van der Waals surface area contributed by atoms with Crippen molar-refractivity contribution in [3.8, 4) is 22.6 Å². The van der Waals surface area contributed by atoms with Gasteiger partial charge in [-0.15, -0.1) is 0 Å². The van der Waals surface area contributed by atoms with Crippen LogP contribution in [0.25, 0.3) is 11.1 Å². The number of carbonyl (C=O) groups is 2. The lowest BCUT2D eigenvalue weighted by Gasteiger charge is -2.18. The van der Waals surface area contributed by atoms with E-state index in [1.165, 1.54) is 25.3 Å². The van der Waals surface area contributed by atoms with Gasteiger partial charge in [-0.1, -0.05) is 12.1 Å². The molecule has 0 amide bonds. The first kappa shape index (κ1) is 24.5. The number of rotatable bonds is 8. The lowest BCUT2D eigenvalue weighted by molar-refractivity contribution is -0.384. The number of methoxy groups -OCH3 is 1. The van der Waals surface area contributed by atoms with Gasteiger partial charge >= 0.3 is 12.3 Å². The second-order valence-electron chi connectivity index (χ2n) is 6.84. The molecule has 0 aliphatic heterocycles. The maximum Gasteiger partial charge on any atom is 0.514 e. The molecule has 0 fully saturated rings. The van der Waals surface area contributed by atoms with Crippen molar-refractivity contribution in [1.29, 1.82) is 0 Å². The lowest BCUT2D eigenvalue weighted by Crippen LogP contribution is -2.18. The first-order valence-electron chi connectivity index (χ1n) is 9.62. The number of benzene rings is 1. The van der Waals surface area contributed by atoms with Gasteiger partial charge in [0.05, 0.1) is 34.6 Å². The molecule has 0 atom stereocenters. The second-order valence-corrected chi connectivity index (χ2v) is 6.84. The van der Waals surface area contributed by atoms with Gasteiger partial charge in [-0.2, -0.15) is 0 Å². The minimum absolute atomic E-state index is 0.0517. The molecule has 11 nitrogen and oxygen atoms in total. The van der Waals surface area contributed by atoms with Crippen LogP contribution in [0, 0.1) is 24.0 Å². The molecule has 32 heavy (non-hydrogen) atoms. The quantitative estimate of drug-likeness (QED) is 0.248. The molecule has 11 heteroatoms. The van der Waals surface area contributed by atoms with Gasteiger partial charge in [-0.3, -0.25) is 15.1 Å². The Morgan fingerprint density at radius 1 is 1.06 bits per heavy atom. The number of pyridine rings is 1. The van der Waals surface area contributed by atoms with Crippen LogP contribution in [0.4, 0.5) is 15.3 Å². The van der Waals surface area contributed by atoms with Crippen molar-refractivity contribution in [1.82, 2.24) is 4.98 Å². The van der Waals surface area contributed by atoms with E-state index in [9.17, 15) is 19.7 Å². The fourth-order valence-corrected chi connectivity index (χ4v) is 2.73. The molecule has 0 radical (unpaired) electrons. The normalized spacial score (nSPS) is 10.6. The molecule has 172 valence electrons. The molecule has 0 saturated heterocycles. The van der Waals surface area contributed by atoms with Crippen molar-refractivity contribution in [2.45, 2.75) is 33.8 Å². The monoisotopic (exact) mass is 448 g/mol. The summed E-state index contributed by atoms with van der Waals surface area (Å²) in [5, 5.41) is 11.3. The second kappa shape index (κ2) is 11.0. The van der Waals surface area contributed by atoms with Crippen LogP contribution in [0.1, 0.15) is 25.2 Å². The van der Waals surface area contributed by atoms with Crippen LogP contribution in [-0.2, 0) is 14.2 Å². The highest BCUT2D eigenvalue weighted by atomic mass is 16.7. The fraction of sp³-hybridized carbons (Fsp3) is 0.381. The number of ether oxygens (including phenoxy) is 5. The van der Waals surface area contributed by atoms with Crippen LogP contribution < -0.4 is 9.47 Å². The predicted octanol–water partition coefficient (Wildman–Crippen LogP) is 4.36. The highest BCUT2D eigenvalue weighted by Gasteiger charge is 2.26. The highest BCUT2D eigenvalue weighted by Crippen LogP contribution is 2.43. The number of hydrogen-bond donors (Lipinski definition) is 0. The average molecular weight is 448 g/mol. The van der Waals surface area contributed by atoms with Gasteiger partial charge in [0.2, 0.25) is 0 Å². The third kappa shape index (κ3) is 6.38. The zero-order chi connectivity index (χ0) is 23.8. The number of carbonyl (C=O) groups excluding carboxylic acids is 2. The molecule has 0 unspecified atom stereocenters. The fourth-order valence-electron chi connectivity index (χ4n) is 2.73. The zero-order valence-electron chi connectivity index (χ0n) is 18.4. The van der Waals surface area contributed by atoms with Crippen molar-refractivity contribution < 1.29 is 38.2 Å². The number of nitro benzene ring substituents is 1. The number of nitrogens with zero attached hydrogens (tertiary/aromatic N) is 2. The molecule has 2 rings (SSSR count). The molecule has 1 aromatic carbocycles. The van der Waals surface area contributed by atoms with Gasteiger partial charge in [0.25, 0.3) is 5.69 Å². The first-order chi connectivity index (χ1) is 15.1. The van der Waals surface area contributed by atoms with Gasteiger partial charge in [-0.05, 0) is 33.3 Å². The summed E-state index contributed by atoms with van der Waals surface area (Å²) < 4.78 is 25.5. The Labute approximate surface area is 184 Å². The zero-order valence-corrected chi connectivity index (χ0v) is 18.4. The number of non-ortho nitro benzene ring substituents is 1. The van der Waals surface area contributed by atoms with E-state index >= 15 is 0 Å². The van der Waals surface area contributed by atoms with E-state index in [-0.39, 0.29) is 52.9 Å². The molecule has 0 bridgehead atoms. The molecular formula is C21H24N2O9. The predicted molar refractivity (Wildman–Crippen MR) is 112 cm³/mol. The van der Waals surface area contributed by atoms with Gasteiger partial charge in [0, 0.05) is 19.2 Å². The van der Waals surface area contributed by atoms with E-state index in [4.69, 9.17) is 23.7 Å². The molecule has 0 aliphatic rings. The van der Waals surface area contributed by atoms with E-state index in [1.807, 2.05) is 0 Å². The van der Waals surface area contributed by atoms with E-state index in [0.29, 0.717) is 0 Å². The van der Waals surface area contributed by atoms with Gasteiger partial charge in [0.1, 0.15) is 6.61 Å². The third-order valence-corrected chi connectivity index (χ3v) is 4.00. The Bertz CT molecular complexity index is 1010. The summed E-state index contributed by atoms with van der Waals surface area (Å²) in [6.07, 6.45) is -2.50.